The standard InChI is InChI=1S/C13H14ClNO4S/c14-20(17,18)9-4-5-12-10(6-9)11(7-19-12)15-13(16)8-2-1-3-8/h4-6,8,11H,1-3,7H2,(H,15,16). The van der Waals surface area contributed by atoms with Gasteiger partial charge in [0.15, 0.2) is 0 Å². The van der Waals surface area contributed by atoms with Crippen molar-refractivity contribution < 1.29 is 17.9 Å². The highest BCUT2D eigenvalue weighted by Gasteiger charge is 2.31. The van der Waals surface area contributed by atoms with E-state index in [9.17, 15) is 13.2 Å². The van der Waals surface area contributed by atoms with Crippen molar-refractivity contribution in [3.8, 4) is 5.75 Å². The predicted molar refractivity (Wildman–Crippen MR) is 73.2 cm³/mol. The Morgan fingerprint density at radius 2 is 2.10 bits per heavy atom. The minimum Gasteiger partial charge on any atom is -0.491 e. The second-order valence-electron chi connectivity index (χ2n) is 5.14. The van der Waals surface area contributed by atoms with Crippen LogP contribution in [0.25, 0.3) is 0 Å². The lowest BCUT2D eigenvalue weighted by atomic mass is 9.84. The number of halogens is 1. The van der Waals surface area contributed by atoms with Crippen molar-refractivity contribution in [3.63, 3.8) is 0 Å². The van der Waals surface area contributed by atoms with E-state index in [1.54, 1.807) is 6.07 Å². The summed E-state index contributed by atoms with van der Waals surface area (Å²) in [4.78, 5) is 12.0. The fraction of sp³-hybridized carbons (Fsp3) is 0.462. The summed E-state index contributed by atoms with van der Waals surface area (Å²) in [6.07, 6.45) is 2.93. The third-order valence-corrected chi connectivity index (χ3v) is 5.19. The highest BCUT2D eigenvalue weighted by Crippen LogP contribution is 2.35. The Hall–Kier alpha value is -1.27. The van der Waals surface area contributed by atoms with Crippen molar-refractivity contribution in [2.24, 2.45) is 5.92 Å². The molecule has 1 aromatic rings. The van der Waals surface area contributed by atoms with Crippen LogP contribution in [0.4, 0.5) is 0 Å². The Morgan fingerprint density at radius 1 is 1.35 bits per heavy atom. The summed E-state index contributed by atoms with van der Waals surface area (Å²) in [5.41, 5.74) is 0.666. The van der Waals surface area contributed by atoms with Crippen LogP contribution < -0.4 is 10.1 Å². The molecule has 7 heteroatoms. The Labute approximate surface area is 121 Å². The molecule has 108 valence electrons. The largest absolute Gasteiger partial charge is 0.491 e. The maximum atomic E-state index is 12.0. The molecule has 3 rings (SSSR count). The third kappa shape index (κ3) is 2.50. The number of carbonyl (C=O) groups excluding carboxylic acids is 1. The third-order valence-electron chi connectivity index (χ3n) is 3.84. The molecule has 1 unspecified atom stereocenters. The molecule has 0 spiro atoms. The van der Waals surface area contributed by atoms with E-state index in [0.29, 0.717) is 17.9 Å². The summed E-state index contributed by atoms with van der Waals surface area (Å²) < 4.78 is 28.2. The van der Waals surface area contributed by atoms with Gasteiger partial charge in [0.05, 0.1) is 10.9 Å². The number of nitrogens with one attached hydrogen (secondary N) is 1. The maximum Gasteiger partial charge on any atom is 0.261 e. The smallest absolute Gasteiger partial charge is 0.261 e. The molecule has 1 heterocycles. The van der Waals surface area contributed by atoms with E-state index in [4.69, 9.17) is 15.4 Å². The van der Waals surface area contributed by atoms with E-state index < -0.39 is 9.05 Å². The normalized spacial score (nSPS) is 21.8. The topological polar surface area (TPSA) is 72.5 Å². The van der Waals surface area contributed by atoms with E-state index in [0.717, 1.165) is 19.3 Å². The van der Waals surface area contributed by atoms with Crippen LogP contribution in [-0.4, -0.2) is 20.9 Å². The number of hydrogen-bond acceptors (Lipinski definition) is 4. The van der Waals surface area contributed by atoms with Crippen LogP contribution in [0.1, 0.15) is 30.9 Å². The van der Waals surface area contributed by atoms with Gasteiger partial charge in [-0.2, -0.15) is 0 Å². The van der Waals surface area contributed by atoms with Crippen molar-refractivity contribution in [2.45, 2.75) is 30.2 Å². The first-order valence-corrected chi connectivity index (χ1v) is 8.78. The SMILES string of the molecule is O=C(NC1COc2ccc(S(=O)(=O)Cl)cc21)C1CCC1. The molecular formula is C13H14ClNO4S. The second-order valence-corrected chi connectivity index (χ2v) is 7.70. The van der Waals surface area contributed by atoms with Crippen LogP contribution in [0.2, 0.25) is 0 Å². The first-order chi connectivity index (χ1) is 9.45. The molecule has 1 atom stereocenters. The lowest BCUT2D eigenvalue weighted by Gasteiger charge is -2.25. The highest BCUT2D eigenvalue weighted by atomic mass is 35.7. The van der Waals surface area contributed by atoms with Crippen molar-refractivity contribution in [1.82, 2.24) is 5.32 Å². The van der Waals surface area contributed by atoms with E-state index in [1.807, 2.05) is 0 Å². The van der Waals surface area contributed by atoms with Gasteiger partial charge in [0.2, 0.25) is 5.91 Å². The van der Waals surface area contributed by atoms with Crippen LogP contribution in [0.15, 0.2) is 23.1 Å². The van der Waals surface area contributed by atoms with E-state index in [1.165, 1.54) is 12.1 Å². The van der Waals surface area contributed by atoms with Gasteiger partial charge in [-0.1, -0.05) is 6.42 Å². The summed E-state index contributed by atoms with van der Waals surface area (Å²) in [6, 6.07) is 4.13. The Bertz CT molecular complexity index is 654. The fourth-order valence-electron chi connectivity index (χ4n) is 2.42. The maximum absolute atomic E-state index is 12.0. The van der Waals surface area contributed by atoms with Gasteiger partial charge in [-0.15, -0.1) is 0 Å². The second kappa shape index (κ2) is 4.93. The van der Waals surface area contributed by atoms with E-state index in [2.05, 4.69) is 5.32 Å². The number of ether oxygens (including phenoxy) is 1. The molecule has 0 bridgehead atoms. The van der Waals surface area contributed by atoms with Crippen molar-refractivity contribution in [2.75, 3.05) is 6.61 Å². The average molecular weight is 316 g/mol. The number of amides is 1. The minimum atomic E-state index is -3.78. The Morgan fingerprint density at radius 3 is 2.70 bits per heavy atom. The molecule has 1 N–H and O–H groups in total. The molecule has 20 heavy (non-hydrogen) atoms. The zero-order chi connectivity index (χ0) is 14.3. The molecule has 1 saturated carbocycles. The predicted octanol–water partition coefficient (Wildman–Crippen LogP) is 1.96. The van der Waals surface area contributed by atoms with Gasteiger partial charge in [-0.05, 0) is 31.0 Å². The van der Waals surface area contributed by atoms with Crippen LogP contribution in [-0.2, 0) is 13.8 Å². The van der Waals surface area contributed by atoms with Gasteiger partial charge in [-0.25, -0.2) is 8.42 Å². The average Bonchev–Trinajstić information content (AvgIpc) is 2.68. The molecule has 1 aromatic carbocycles. The zero-order valence-electron chi connectivity index (χ0n) is 10.6. The van der Waals surface area contributed by atoms with Gasteiger partial charge in [0.1, 0.15) is 12.4 Å². The lowest BCUT2D eigenvalue weighted by Crippen LogP contribution is -2.37. The molecule has 0 aromatic heterocycles. The molecule has 1 amide bonds. The van der Waals surface area contributed by atoms with Crippen LogP contribution in [0.3, 0.4) is 0 Å². The highest BCUT2D eigenvalue weighted by molar-refractivity contribution is 8.13. The van der Waals surface area contributed by atoms with E-state index in [-0.39, 0.29) is 22.8 Å². The Kier molecular flexibility index (Phi) is 3.38. The number of carbonyl (C=O) groups is 1. The number of benzene rings is 1. The van der Waals surface area contributed by atoms with Crippen molar-refractivity contribution >= 4 is 25.6 Å². The van der Waals surface area contributed by atoms with Crippen LogP contribution >= 0.6 is 10.7 Å². The lowest BCUT2D eigenvalue weighted by molar-refractivity contribution is -0.128. The molecular weight excluding hydrogens is 302 g/mol. The molecule has 2 aliphatic rings. The zero-order valence-corrected chi connectivity index (χ0v) is 12.2. The molecule has 0 radical (unpaired) electrons. The quantitative estimate of drug-likeness (QED) is 0.866. The summed E-state index contributed by atoms with van der Waals surface area (Å²) in [7, 11) is 1.56. The molecule has 1 aliphatic heterocycles. The minimum absolute atomic E-state index is 0.0110. The van der Waals surface area contributed by atoms with Crippen molar-refractivity contribution in [1.29, 1.82) is 0 Å². The monoisotopic (exact) mass is 315 g/mol. The molecule has 5 nitrogen and oxygen atoms in total. The molecule has 1 aliphatic carbocycles. The first kappa shape index (κ1) is 13.7. The van der Waals surface area contributed by atoms with Gasteiger partial charge in [0.25, 0.3) is 9.05 Å². The summed E-state index contributed by atoms with van der Waals surface area (Å²) >= 11 is 0. The van der Waals surface area contributed by atoms with Gasteiger partial charge in [0, 0.05) is 22.2 Å². The number of rotatable bonds is 3. The van der Waals surface area contributed by atoms with Gasteiger partial charge in [-0.3, -0.25) is 4.79 Å². The molecule has 1 fully saturated rings. The van der Waals surface area contributed by atoms with Gasteiger partial charge >= 0.3 is 0 Å². The van der Waals surface area contributed by atoms with Gasteiger partial charge < -0.3 is 10.1 Å². The number of fused-ring (bicyclic) bond motifs is 1. The van der Waals surface area contributed by atoms with E-state index >= 15 is 0 Å². The first-order valence-electron chi connectivity index (χ1n) is 6.47. The number of hydrogen-bond donors (Lipinski definition) is 1. The molecule has 0 saturated heterocycles. The summed E-state index contributed by atoms with van der Waals surface area (Å²) in [5, 5.41) is 2.91. The summed E-state index contributed by atoms with van der Waals surface area (Å²) in [5.74, 6) is 0.684. The van der Waals surface area contributed by atoms with Crippen molar-refractivity contribution in [3.05, 3.63) is 23.8 Å². The summed E-state index contributed by atoms with van der Waals surface area (Å²) in [6.45, 7) is 0.319. The Balaban J connectivity index is 1.83. The van der Waals surface area contributed by atoms with Crippen LogP contribution in [0.5, 0.6) is 5.75 Å². The van der Waals surface area contributed by atoms with Crippen LogP contribution in [0, 0.1) is 5.92 Å². The fourth-order valence-corrected chi connectivity index (χ4v) is 3.21.